The Morgan fingerprint density at radius 3 is 2.06 bits per heavy atom. The Balaban J connectivity index is 1.83. The summed E-state index contributed by atoms with van der Waals surface area (Å²) in [7, 11) is 0. The van der Waals surface area contributed by atoms with Gasteiger partial charge in [-0.2, -0.15) is 13.2 Å². The van der Waals surface area contributed by atoms with Gasteiger partial charge in [0.25, 0.3) is 5.91 Å². The third-order valence-electron chi connectivity index (χ3n) is 9.73. The van der Waals surface area contributed by atoms with Gasteiger partial charge >= 0.3 is 18.2 Å². The van der Waals surface area contributed by atoms with Crippen LogP contribution < -0.4 is 21.3 Å². The van der Waals surface area contributed by atoms with Crippen molar-refractivity contribution in [1.29, 1.82) is 0 Å². The first-order chi connectivity index (χ1) is 23.9. The molecule has 0 aromatic heterocycles. The molecule has 2 fully saturated rings. The van der Waals surface area contributed by atoms with Gasteiger partial charge in [0.15, 0.2) is 0 Å². The lowest BCUT2D eigenvalue weighted by Gasteiger charge is -2.38. The Hall–Kier alpha value is -4.43. The first kappa shape index (κ1) is 42.0. The number of benzene rings is 1. The summed E-state index contributed by atoms with van der Waals surface area (Å²) >= 11 is 0. The van der Waals surface area contributed by atoms with Crippen molar-refractivity contribution >= 4 is 35.5 Å². The Bertz CT molecular complexity index is 1520. The highest BCUT2D eigenvalue weighted by Crippen LogP contribution is 2.65. The number of fused-ring (bicyclic) bond motifs is 1. The van der Waals surface area contributed by atoms with Crippen molar-refractivity contribution in [2.45, 2.75) is 105 Å². The Kier molecular flexibility index (Phi) is 13.0. The van der Waals surface area contributed by atoms with Gasteiger partial charge in [0, 0.05) is 19.5 Å². The fraction of sp³-hybridized carbons (Fsp3) is 0.622. The van der Waals surface area contributed by atoms with E-state index in [0.717, 1.165) is 5.56 Å². The van der Waals surface area contributed by atoms with Crippen LogP contribution in [0.25, 0.3) is 0 Å². The number of nitrogens with zero attached hydrogens (tertiary/aromatic N) is 1. The fourth-order valence-corrected chi connectivity index (χ4v) is 6.62. The van der Waals surface area contributed by atoms with Gasteiger partial charge in [-0.25, -0.2) is 9.59 Å². The quantitative estimate of drug-likeness (QED) is 0.127. The highest BCUT2D eigenvalue weighted by atomic mass is 19.4. The van der Waals surface area contributed by atoms with Gasteiger partial charge < -0.3 is 30.9 Å². The summed E-state index contributed by atoms with van der Waals surface area (Å²) in [6.45, 7) is 17.5. The third kappa shape index (κ3) is 10.6. The Morgan fingerprint density at radius 2 is 1.52 bits per heavy atom. The molecular weight excluding hydrogens is 683 g/mol. The minimum atomic E-state index is -4.67. The number of alkyl halides is 3. The molecule has 1 saturated heterocycles. The maximum Gasteiger partial charge on any atom is 0.389 e. The number of Topliss-reactive ketones (excluding diaryl/α,β-unsaturated/α-hetero) is 1. The molecule has 12 nitrogen and oxygen atoms in total. The number of urea groups is 1. The second-order valence-corrected chi connectivity index (χ2v) is 16.3. The molecule has 0 bridgehead atoms. The monoisotopic (exact) mass is 735 g/mol. The fourth-order valence-electron chi connectivity index (χ4n) is 6.62. The SMILES string of the molecule is C=CCNC(=O)C(=O)C(CCC(F)(F)F)NC(=O)[C@@H]1[C@@H]2[C@H](CN1C(=O)[C@@H](NC(=O)N[C@H](C(=O)OCc1ccccc1)C(C)(C)C)C(C)(C)C)C2(C)C. The highest BCUT2D eigenvalue weighted by Gasteiger charge is 2.70. The molecule has 0 radical (unpaired) electrons. The number of esters is 1. The minimum absolute atomic E-state index is 0.0160. The standard InChI is InChI=1S/C37H52F3N5O7/c1-10-18-41-30(48)26(46)23(16-17-37(38,39)40)42-29(47)25-24-22(36(24,8)9)19-45(25)31(49)27(34(2,3)4)43-33(51)44-28(35(5,6)7)32(50)52-20-21-14-12-11-13-15-21/h10-15,22-25,27-28H,1,16-20H2,2-9H3,(H,41,48)(H,42,47)(H2,43,44,51)/t22-,23?,24-,25-,27+,28+/m0/s1. The summed E-state index contributed by atoms with van der Waals surface area (Å²) in [5, 5.41) is 9.90. The molecule has 1 unspecified atom stereocenters. The molecular formula is C37H52F3N5O7. The van der Waals surface area contributed by atoms with Crippen LogP contribution in [0.5, 0.6) is 0 Å². The van der Waals surface area contributed by atoms with Crippen LogP contribution in [0.15, 0.2) is 43.0 Å². The van der Waals surface area contributed by atoms with E-state index in [0.29, 0.717) is 0 Å². The Morgan fingerprint density at radius 1 is 0.942 bits per heavy atom. The van der Waals surface area contributed by atoms with Crippen LogP contribution in [-0.4, -0.2) is 83.8 Å². The van der Waals surface area contributed by atoms with Gasteiger partial charge in [-0.3, -0.25) is 19.2 Å². The van der Waals surface area contributed by atoms with E-state index in [4.69, 9.17) is 4.74 Å². The molecule has 1 aromatic rings. The molecule has 4 N–H and O–H groups in total. The molecule has 6 atom stereocenters. The summed E-state index contributed by atoms with van der Waals surface area (Å²) in [6, 6.07) is 2.83. The number of halogens is 3. The van der Waals surface area contributed by atoms with Gasteiger partial charge in [-0.15, -0.1) is 6.58 Å². The zero-order valence-electron chi connectivity index (χ0n) is 31.1. The van der Waals surface area contributed by atoms with E-state index in [-0.39, 0.29) is 25.6 Å². The van der Waals surface area contributed by atoms with Crippen molar-refractivity contribution in [2.75, 3.05) is 13.1 Å². The molecule has 5 amide bonds. The maximum atomic E-state index is 14.3. The van der Waals surface area contributed by atoms with Crippen LogP contribution in [-0.2, 0) is 35.3 Å². The van der Waals surface area contributed by atoms with Gasteiger partial charge in [0.1, 0.15) is 24.7 Å². The van der Waals surface area contributed by atoms with Gasteiger partial charge in [0.2, 0.25) is 17.6 Å². The molecule has 52 heavy (non-hydrogen) atoms. The van der Waals surface area contributed by atoms with Crippen molar-refractivity contribution in [3.05, 3.63) is 48.6 Å². The molecule has 288 valence electrons. The first-order valence-electron chi connectivity index (χ1n) is 17.3. The largest absolute Gasteiger partial charge is 0.459 e. The number of piperidine rings is 1. The molecule has 1 aliphatic heterocycles. The van der Waals surface area contributed by atoms with E-state index in [2.05, 4.69) is 27.8 Å². The maximum absolute atomic E-state index is 14.3. The van der Waals surface area contributed by atoms with Crippen LogP contribution in [0.2, 0.25) is 0 Å². The number of nitrogens with one attached hydrogen (secondary N) is 4. The summed E-state index contributed by atoms with van der Waals surface area (Å²) in [5.74, 6) is -5.19. The van der Waals surface area contributed by atoms with Crippen molar-refractivity contribution in [3.8, 4) is 0 Å². The van der Waals surface area contributed by atoms with Crippen LogP contribution in [0.4, 0.5) is 18.0 Å². The second kappa shape index (κ2) is 16.1. The van der Waals surface area contributed by atoms with Gasteiger partial charge in [-0.05, 0) is 40.1 Å². The lowest BCUT2D eigenvalue weighted by atomic mass is 9.85. The molecule has 1 heterocycles. The second-order valence-electron chi connectivity index (χ2n) is 16.3. The van der Waals surface area contributed by atoms with Crippen molar-refractivity contribution < 1.29 is 46.7 Å². The lowest BCUT2D eigenvalue weighted by Crippen LogP contribution is -2.62. The topological polar surface area (TPSA) is 163 Å². The van der Waals surface area contributed by atoms with Crippen LogP contribution >= 0.6 is 0 Å². The van der Waals surface area contributed by atoms with E-state index in [1.165, 1.54) is 11.0 Å². The van der Waals surface area contributed by atoms with Crippen LogP contribution in [0.1, 0.15) is 73.8 Å². The number of ketones is 1. The van der Waals surface area contributed by atoms with Crippen molar-refractivity contribution in [1.82, 2.24) is 26.2 Å². The van der Waals surface area contributed by atoms with Crippen molar-refractivity contribution in [2.24, 2.45) is 28.1 Å². The normalized spacial score (nSPS) is 21.1. The predicted molar refractivity (Wildman–Crippen MR) is 186 cm³/mol. The van der Waals surface area contributed by atoms with Crippen LogP contribution in [0.3, 0.4) is 0 Å². The molecule has 1 aromatic carbocycles. The molecule has 0 spiro atoms. The van der Waals surface area contributed by atoms with Gasteiger partial charge in [-0.1, -0.05) is 91.8 Å². The number of ether oxygens (including phenoxy) is 1. The zero-order chi connectivity index (χ0) is 39.4. The molecule has 1 saturated carbocycles. The summed E-state index contributed by atoms with van der Waals surface area (Å²) in [4.78, 5) is 81.6. The molecule has 2 aliphatic rings. The zero-order valence-corrected chi connectivity index (χ0v) is 31.1. The number of amides is 5. The van der Waals surface area contributed by atoms with E-state index >= 15 is 0 Å². The summed E-state index contributed by atoms with van der Waals surface area (Å²) < 4.78 is 45.1. The summed E-state index contributed by atoms with van der Waals surface area (Å²) in [6.07, 6.45) is -5.71. The number of carbonyl (C=O) groups excluding carboxylic acids is 6. The van der Waals surface area contributed by atoms with E-state index < -0.39 is 101 Å². The van der Waals surface area contributed by atoms with E-state index in [1.807, 2.05) is 19.9 Å². The molecule has 1 aliphatic carbocycles. The van der Waals surface area contributed by atoms with E-state index in [9.17, 15) is 41.9 Å². The third-order valence-corrected chi connectivity index (χ3v) is 9.73. The Labute approximate surface area is 303 Å². The smallest absolute Gasteiger partial charge is 0.389 e. The predicted octanol–water partition coefficient (Wildman–Crippen LogP) is 4.04. The number of rotatable bonds is 14. The minimum Gasteiger partial charge on any atom is -0.459 e. The number of carbonyl (C=O) groups is 6. The van der Waals surface area contributed by atoms with Gasteiger partial charge in [0.05, 0.1) is 6.04 Å². The average Bonchev–Trinajstić information content (AvgIpc) is 3.35. The number of likely N-dealkylation sites (tertiary alicyclic amines) is 1. The highest BCUT2D eigenvalue weighted by molar-refractivity contribution is 6.38. The van der Waals surface area contributed by atoms with Crippen LogP contribution in [0, 0.1) is 28.1 Å². The van der Waals surface area contributed by atoms with Crippen molar-refractivity contribution in [3.63, 3.8) is 0 Å². The molecule has 3 rings (SSSR count). The number of hydrogen-bond acceptors (Lipinski definition) is 7. The average molecular weight is 736 g/mol. The summed E-state index contributed by atoms with van der Waals surface area (Å²) in [5.41, 5.74) is -1.37. The van der Waals surface area contributed by atoms with E-state index in [1.54, 1.807) is 65.8 Å². The first-order valence-corrected chi connectivity index (χ1v) is 17.3. The molecule has 15 heteroatoms. The number of hydrogen-bond donors (Lipinski definition) is 4. The lowest BCUT2D eigenvalue weighted by molar-refractivity contribution is -0.150.